The van der Waals surface area contributed by atoms with Crippen LogP contribution in [0, 0.1) is 5.92 Å². The van der Waals surface area contributed by atoms with E-state index < -0.39 is 41.0 Å². The lowest BCUT2D eigenvalue weighted by Gasteiger charge is -2.20. The predicted molar refractivity (Wildman–Crippen MR) is 96.5 cm³/mol. The number of cyclic esters (lactones) is 1. The highest BCUT2D eigenvalue weighted by Crippen LogP contribution is 2.44. The van der Waals surface area contributed by atoms with E-state index in [2.05, 4.69) is 0 Å². The second-order valence-electron chi connectivity index (χ2n) is 6.11. The van der Waals surface area contributed by atoms with Crippen molar-refractivity contribution >= 4 is 23.7 Å². The van der Waals surface area contributed by atoms with Gasteiger partial charge in [0.25, 0.3) is 0 Å². The van der Waals surface area contributed by atoms with Crippen molar-refractivity contribution in [1.29, 1.82) is 0 Å². The maximum Gasteiger partial charge on any atom is 0.416 e. The molecule has 0 aliphatic carbocycles. The zero-order valence-electron chi connectivity index (χ0n) is 14.8. The van der Waals surface area contributed by atoms with E-state index >= 15 is 0 Å². The van der Waals surface area contributed by atoms with Crippen LogP contribution in [0.25, 0.3) is 0 Å². The Bertz CT molecular complexity index is 837. The van der Waals surface area contributed by atoms with Gasteiger partial charge in [-0.05, 0) is 36.8 Å². The third-order valence-electron chi connectivity index (χ3n) is 4.26. The first kappa shape index (κ1) is 20.3. The topological polar surface area (TPSA) is 52.6 Å². The van der Waals surface area contributed by atoms with Gasteiger partial charge >= 0.3 is 18.1 Å². The molecule has 148 valence electrons. The van der Waals surface area contributed by atoms with Gasteiger partial charge in [-0.2, -0.15) is 13.2 Å². The molecular weight excluding hydrogens is 393 g/mol. The Morgan fingerprint density at radius 1 is 1.11 bits per heavy atom. The number of carbonyl (C=O) groups excluding carboxylic acids is 2. The molecule has 0 N–H and O–H groups in total. The molecule has 0 aromatic heterocycles. The van der Waals surface area contributed by atoms with E-state index in [0.717, 1.165) is 17.0 Å². The molecule has 1 heterocycles. The van der Waals surface area contributed by atoms with Crippen molar-refractivity contribution in [2.45, 2.75) is 29.3 Å². The Balaban J connectivity index is 1.91. The Kier molecular flexibility index (Phi) is 5.98. The van der Waals surface area contributed by atoms with Crippen LogP contribution in [-0.4, -0.2) is 23.8 Å². The first-order chi connectivity index (χ1) is 13.3. The summed E-state index contributed by atoms with van der Waals surface area (Å²) in [4.78, 5) is 25.8. The predicted octanol–water partition coefficient (Wildman–Crippen LogP) is 4.64. The van der Waals surface area contributed by atoms with Crippen molar-refractivity contribution in [2.75, 3.05) is 6.61 Å². The molecule has 1 aliphatic heterocycles. The van der Waals surface area contributed by atoms with Gasteiger partial charge in [0.05, 0.1) is 12.2 Å². The number of hydrogen-bond acceptors (Lipinski definition) is 5. The van der Waals surface area contributed by atoms with Crippen LogP contribution in [-0.2, 0) is 25.2 Å². The molecule has 0 saturated carbocycles. The number of esters is 2. The molecule has 3 atom stereocenters. The van der Waals surface area contributed by atoms with Crippen LogP contribution in [0.1, 0.15) is 24.2 Å². The van der Waals surface area contributed by atoms with Crippen LogP contribution in [0.5, 0.6) is 0 Å². The van der Waals surface area contributed by atoms with Gasteiger partial charge in [-0.15, -0.1) is 11.8 Å². The average molecular weight is 410 g/mol. The van der Waals surface area contributed by atoms with Crippen molar-refractivity contribution < 1.29 is 32.2 Å². The largest absolute Gasteiger partial charge is 0.466 e. The lowest BCUT2D eigenvalue weighted by molar-refractivity contribution is -0.150. The fourth-order valence-corrected chi connectivity index (χ4v) is 4.12. The molecule has 3 rings (SSSR count). The van der Waals surface area contributed by atoms with E-state index in [9.17, 15) is 22.8 Å². The maximum atomic E-state index is 12.8. The Hall–Kier alpha value is -2.48. The van der Waals surface area contributed by atoms with Crippen LogP contribution >= 0.6 is 11.8 Å². The van der Waals surface area contributed by atoms with Gasteiger partial charge in [0, 0.05) is 4.90 Å². The highest BCUT2D eigenvalue weighted by Gasteiger charge is 2.51. The summed E-state index contributed by atoms with van der Waals surface area (Å²) in [5.74, 6) is -2.18. The standard InChI is InChI=1S/C20H17F3O4S/c1-2-26-18(24)15-16(12-8-10-13(11-9-12)20(21,22)23)27-19(25)17(15)28-14-6-4-3-5-7-14/h3-11,15-17H,2H2,1H3. The molecule has 1 fully saturated rings. The Labute approximate surface area is 164 Å². The van der Waals surface area contributed by atoms with E-state index in [-0.39, 0.29) is 6.61 Å². The molecule has 1 aliphatic rings. The van der Waals surface area contributed by atoms with Gasteiger partial charge < -0.3 is 9.47 Å². The van der Waals surface area contributed by atoms with Gasteiger partial charge in [0.1, 0.15) is 17.3 Å². The summed E-state index contributed by atoms with van der Waals surface area (Å²) >= 11 is 1.17. The highest BCUT2D eigenvalue weighted by molar-refractivity contribution is 8.00. The number of carbonyl (C=O) groups is 2. The minimum atomic E-state index is -4.48. The number of hydrogen-bond donors (Lipinski definition) is 0. The fraction of sp³-hybridized carbons (Fsp3) is 0.300. The summed E-state index contributed by atoms with van der Waals surface area (Å²) in [6.45, 7) is 1.76. The van der Waals surface area contributed by atoms with Crippen LogP contribution in [0.15, 0.2) is 59.5 Å². The van der Waals surface area contributed by atoms with Crippen LogP contribution < -0.4 is 0 Å². The third-order valence-corrected chi connectivity index (χ3v) is 5.54. The summed E-state index contributed by atoms with van der Waals surface area (Å²) in [7, 11) is 0. The van der Waals surface area contributed by atoms with Crippen molar-refractivity contribution in [1.82, 2.24) is 0 Å². The molecule has 0 bridgehead atoms. The van der Waals surface area contributed by atoms with Crippen LogP contribution in [0.3, 0.4) is 0 Å². The lowest BCUT2D eigenvalue weighted by atomic mass is 9.94. The number of thioether (sulfide) groups is 1. The summed E-state index contributed by atoms with van der Waals surface area (Å²) in [5, 5.41) is -0.853. The second-order valence-corrected chi connectivity index (χ2v) is 7.32. The average Bonchev–Trinajstić information content (AvgIpc) is 2.99. The molecular formula is C20H17F3O4S. The normalized spacial score (nSPS) is 22.0. The molecule has 0 amide bonds. The Morgan fingerprint density at radius 3 is 2.32 bits per heavy atom. The molecule has 4 nitrogen and oxygen atoms in total. The summed E-state index contributed by atoms with van der Waals surface area (Å²) in [6, 6.07) is 13.3. The number of ether oxygens (including phenoxy) is 2. The second kappa shape index (κ2) is 8.26. The molecule has 3 unspecified atom stereocenters. The maximum absolute atomic E-state index is 12.8. The fourth-order valence-electron chi connectivity index (χ4n) is 2.96. The van der Waals surface area contributed by atoms with Crippen molar-refractivity contribution in [3.05, 3.63) is 65.7 Å². The SMILES string of the molecule is CCOC(=O)C1C(Sc2ccccc2)C(=O)OC1c1ccc(C(F)(F)F)cc1. The Morgan fingerprint density at radius 2 is 1.75 bits per heavy atom. The minimum Gasteiger partial charge on any atom is -0.466 e. The molecule has 0 spiro atoms. The quantitative estimate of drug-likeness (QED) is 0.672. The summed E-state index contributed by atoms with van der Waals surface area (Å²) in [6.07, 6.45) is -5.48. The summed E-state index contributed by atoms with van der Waals surface area (Å²) in [5.41, 5.74) is -0.501. The van der Waals surface area contributed by atoms with Gasteiger partial charge in [0.2, 0.25) is 0 Å². The number of halogens is 3. The van der Waals surface area contributed by atoms with Gasteiger partial charge in [-0.25, -0.2) is 0 Å². The first-order valence-electron chi connectivity index (χ1n) is 8.57. The third kappa shape index (κ3) is 4.32. The molecule has 2 aromatic carbocycles. The van der Waals surface area contributed by atoms with Gasteiger partial charge in [0.15, 0.2) is 0 Å². The highest BCUT2D eigenvalue weighted by atomic mass is 32.2. The van der Waals surface area contributed by atoms with E-state index in [0.29, 0.717) is 5.56 Å². The molecule has 28 heavy (non-hydrogen) atoms. The van der Waals surface area contributed by atoms with Crippen LogP contribution in [0.4, 0.5) is 13.2 Å². The molecule has 0 radical (unpaired) electrons. The van der Waals surface area contributed by atoms with Crippen LogP contribution in [0.2, 0.25) is 0 Å². The first-order valence-corrected chi connectivity index (χ1v) is 9.45. The van der Waals surface area contributed by atoms with Crippen molar-refractivity contribution in [2.24, 2.45) is 5.92 Å². The lowest BCUT2D eigenvalue weighted by Crippen LogP contribution is -2.29. The van der Waals surface area contributed by atoms with E-state index in [1.807, 2.05) is 6.07 Å². The molecule has 8 heteroatoms. The van der Waals surface area contributed by atoms with E-state index in [1.54, 1.807) is 31.2 Å². The van der Waals surface area contributed by atoms with E-state index in [1.165, 1.54) is 23.9 Å². The zero-order chi connectivity index (χ0) is 20.3. The minimum absolute atomic E-state index is 0.117. The number of rotatable bonds is 5. The number of benzene rings is 2. The zero-order valence-corrected chi connectivity index (χ0v) is 15.6. The molecule has 2 aromatic rings. The van der Waals surface area contributed by atoms with Crippen molar-refractivity contribution in [3.8, 4) is 0 Å². The van der Waals surface area contributed by atoms with Crippen molar-refractivity contribution in [3.63, 3.8) is 0 Å². The van der Waals surface area contributed by atoms with E-state index in [4.69, 9.17) is 9.47 Å². The van der Waals surface area contributed by atoms with Gasteiger partial charge in [-0.3, -0.25) is 9.59 Å². The smallest absolute Gasteiger partial charge is 0.416 e. The van der Waals surface area contributed by atoms with Gasteiger partial charge in [-0.1, -0.05) is 30.3 Å². The number of alkyl halides is 3. The molecule has 1 saturated heterocycles. The monoisotopic (exact) mass is 410 g/mol. The summed E-state index contributed by atoms with van der Waals surface area (Å²) < 4.78 is 48.9.